The zero-order valence-corrected chi connectivity index (χ0v) is 14.1. The Kier molecular flexibility index (Phi) is 7.54. The third kappa shape index (κ3) is 5.50. The molecule has 124 valence electrons. The zero-order valence-electron chi connectivity index (χ0n) is 14.1. The molecular formula is C18H30N2O2. The lowest BCUT2D eigenvalue weighted by molar-refractivity contribution is 0.287. The fourth-order valence-electron chi connectivity index (χ4n) is 2.92. The molecule has 0 radical (unpaired) electrons. The molecule has 0 bridgehead atoms. The van der Waals surface area contributed by atoms with Crippen molar-refractivity contribution in [1.82, 2.24) is 10.2 Å². The molecule has 1 N–H and O–H groups in total. The Morgan fingerprint density at radius 3 is 2.77 bits per heavy atom. The highest BCUT2D eigenvalue weighted by atomic mass is 16.5. The van der Waals surface area contributed by atoms with Gasteiger partial charge in [0.15, 0.2) is 0 Å². The molecule has 0 amide bonds. The SMILES string of the molecule is CCOc1ccc(OCC)c(CCCN2CCCNCC2)c1. The molecule has 0 aliphatic carbocycles. The summed E-state index contributed by atoms with van der Waals surface area (Å²) in [5.41, 5.74) is 1.26. The lowest BCUT2D eigenvalue weighted by Gasteiger charge is -2.19. The van der Waals surface area contributed by atoms with Crippen LogP contribution in [0.3, 0.4) is 0 Å². The molecule has 0 unspecified atom stereocenters. The molecule has 4 heteroatoms. The van der Waals surface area contributed by atoms with E-state index in [0.717, 1.165) is 50.5 Å². The van der Waals surface area contributed by atoms with Gasteiger partial charge in [-0.2, -0.15) is 0 Å². The second-order valence-corrected chi connectivity index (χ2v) is 5.68. The van der Waals surface area contributed by atoms with Gasteiger partial charge in [0.05, 0.1) is 13.2 Å². The summed E-state index contributed by atoms with van der Waals surface area (Å²) >= 11 is 0. The highest BCUT2D eigenvalue weighted by Gasteiger charge is 2.10. The van der Waals surface area contributed by atoms with Crippen molar-refractivity contribution in [3.8, 4) is 11.5 Å². The standard InChI is InChI=1S/C18H30N2O2/c1-3-21-17-8-9-18(22-4-2)16(15-17)7-5-12-20-13-6-10-19-11-14-20/h8-9,15,19H,3-7,10-14H2,1-2H3. The van der Waals surface area contributed by atoms with Crippen LogP contribution in [0.1, 0.15) is 32.3 Å². The van der Waals surface area contributed by atoms with Gasteiger partial charge in [-0.3, -0.25) is 0 Å². The van der Waals surface area contributed by atoms with E-state index in [1.165, 1.54) is 18.5 Å². The first-order chi connectivity index (χ1) is 10.8. The quantitative estimate of drug-likeness (QED) is 0.801. The molecule has 4 nitrogen and oxygen atoms in total. The zero-order chi connectivity index (χ0) is 15.6. The molecule has 0 aromatic heterocycles. The van der Waals surface area contributed by atoms with Gasteiger partial charge in [-0.15, -0.1) is 0 Å². The van der Waals surface area contributed by atoms with E-state index in [-0.39, 0.29) is 0 Å². The molecule has 2 rings (SSSR count). The average molecular weight is 306 g/mol. The lowest BCUT2D eigenvalue weighted by atomic mass is 10.1. The Morgan fingerprint density at radius 1 is 1.09 bits per heavy atom. The average Bonchev–Trinajstić information content (AvgIpc) is 2.79. The number of aryl methyl sites for hydroxylation is 1. The van der Waals surface area contributed by atoms with E-state index in [9.17, 15) is 0 Å². The summed E-state index contributed by atoms with van der Waals surface area (Å²) in [6.45, 7) is 11.3. The van der Waals surface area contributed by atoms with Crippen LogP contribution in [0, 0.1) is 0 Å². The van der Waals surface area contributed by atoms with E-state index in [2.05, 4.69) is 16.3 Å². The minimum absolute atomic E-state index is 0.703. The smallest absolute Gasteiger partial charge is 0.122 e. The van der Waals surface area contributed by atoms with Crippen molar-refractivity contribution in [3.05, 3.63) is 23.8 Å². The number of hydrogen-bond donors (Lipinski definition) is 1. The van der Waals surface area contributed by atoms with Crippen LogP contribution in [-0.2, 0) is 6.42 Å². The van der Waals surface area contributed by atoms with Gasteiger partial charge in [0.25, 0.3) is 0 Å². The summed E-state index contributed by atoms with van der Waals surface area (Å²) in [5, 5.41) is 3.45. The van der Waals surface area contributed by atoms with Gasteiger partial charge in [0.1, 0.15) is 11.5 Å². The molecule has 0 spiro atoms. The third-order valence-electron chi connectivity index (χ3n) is 4.00. The highest BCUT2D eigenvalue weighted by Crippen LogP contribution is 2.25. The van der Waals surface area contributed by atoms with Crippen molar-refractivity contribution in [2.45, 2.75) is 33.1 Å². The molecule has 1 aromatic rings. The Bertz CT molecular complexity index is 429. The van der Waals surface area contributed by atoms with Crippen molar-refractivity contribution < 1.29 is 9.47 Å². The van der Waals surface area contributed by atoms with Crippen LogP contribution in [0.5, 0.6) is 11.5 Å². The number of hydrogen-bond acceptors (Lipinski definition) is 4. The van der Waals surface area contributed by atoms with Crippen LogP contribution in [0.2, 0.25) is 0 Å². The maximum Gasteiger partial charge on any atom is 0.122 e. The summed E-state index contributed by atoms with van der Waals surface area (Å²) in [6, 6.07) is 6.18. The Morgan fingerprint density at radius 2 is 1.95 bits per heavy atom. The number of nitrogens with zero attached hydrogens (tertiary/aromatic N) is 1. The lowest BCUT2D eigenvalue weighted by Crippen LogP contribution is -2.29. The van der Waals surface area contributed by atoms with E-state index < -0.39 is 0 Å². The maximum absolute atomic E-state index is 5.75. The van der Waals surface area contributed by atoms with Gasteiger partial charge in [-0.25, -0.2) is 0 Å². The van der Waals surface area contributed by atoms with Crippen molar-refractivity contribution in [1.29, 1.82) is 0 Å². The van der Waals surface area contributed by atoms with E-state index in [4.69, 9.17) is 9.47 Å². The first-order valence-corrected chi connectivity index (χ1v) is 8.65. The van der Waals surface area contributed by atoms with Gasteiger partial charge in [0.2, 0.25) is 0 Å². The van der Waals surface area contributed by atoms with Crippen molar-refractivity contribution in [3.63, 3.8) is 0 Å². The van der Waals surface area contributed by atoms with Gasteiger partial charge in [-0.05, 0) is 76.5 Å². The first-order valence-electron chi connectivity index (χ1n) is 8.65. The van der Waals surface area contributed by atoms with Gasteiger partial charge in [-0.1, -0.05) is 0 Å². The van der Waals surface area contributed by atoms with Gasteiger partial charge in [0, 0.05) is 13.1 Å². The summed E-state index contributed by atoms with van der Waals surface area (Å²) in [5.74, 6) is 1.95. The number of nitrogens with one attached hydrogen (secondary N) is 1. The highest BCUT2D eigenvalue weighted by molar-refractivity contribution is 5.40. The largest absolute Gasteiger partial charge is 0.494 e. The summed E-state index contributed by atoms with van der Waals surface area (Å²) in [7, 11) is 0. The summed E-state index contributed by atoms with van der Waals surface area (Å²) in [6.07, 6.45) is 3.46. The predicted molar refractivity (Wildman–Crippen MR) is 91.0 cm³/mol. The number of ether oxygens (including phenoxy) is 2. The Balaban J connectivity index is 1.89. The Labute approximate surface area is 134 Å². The third-order valence-corrected chi connectivity index (χ3v) is 4.00. The summed E-state index contributed by atoms with van der Waals surface area (Å²) < 4.78 is 11.4. The van der Waals surface area contributed by atoms with Crippen molar-refractivity contribution in [2.75, 3.05) is 45.9 Å². The molecule has 1 saturated heterocycles. The number of benzene rings is 1. The molecular weight excluding hydrogens is 276 g/mol. The van der Waals surface area contributed by atoms with Crippen LogP contribution in [0.4, 0.5) is 0 Å². The van der Waals surface area contributed by atoms with E-state index in [1.54, 1.807) is 0 Å². The summed E-state index contributed by atoms with van der Waals surface area (Å²) in [4.78, 5) is 2.56. The van der Waals surface area contributed by atoms with Crippen LogP contribution in [0.25, 0.3) is 0 Å². The minimum Gasteiger partial charge on any atom is -0.494 e. The van der Waals surface area contributed by atoms with Crippen LogP contribution in [0.15, 0.2) is 18.2 Å². The second kappa shape index (κ2) is 9.70. The van der Waals surface area contributed by atoms with Crippen LogP contribution >= 0.6 is 0 Å². The topological polar surface area (TPSA) is 33.7 Å². The van der Waals surface area contributed by atoms with Gasteiger partial charge >= 0.3 is 0 Å². The van der Waals surface area contributed by atoms with E-state index >= 15 is 0 Å². The van der Waals surface area contributed by atoms with E-state index in [1.807, 2.05) is 26.0 Å². The molecule has 1 aromatic carbocycles. The minimum atomic E-state index is 0.703. The van der Waals surface area contributed by atoms with Crippen molar-refractivity contribution in [2.24, 2.45) is 0 Å². The van der Waals surface area contributed by atoms with Gasteiger partial charge < -0.3 is 19.7 Å². The monoisotopic (exact) mass is 306 g/mol. The molecule has 1 aliphatic heterocycles. The maximum atomic E-state index is 5.75. The fraction of sp³-hybridized carbons (Fsp3) is 0.667. The first kappa shape index (κ1) is 17.1. The number of rotatable bonds is 8. The second-order valence-electron chi connectivity index (χ2n) is 5.68. The molecule has 0 atom stereocenters. The predicted octanol–water partition coefficient (Wildman–Crippen LogP) is 2.71. The van der Waals surface area contributed by atoms with Crippen LogP contribution in [-0.4, -0.2) is 50.8 Å². The van der Waals surface area contributed by atoms with E-state index in [0.29, 0.717) is 13.2 Å². The normalized spacial score (nSPS) is 16.3. The Hall–Kier alpha value is -1.26. The molecule has 0 saturated carbocycles. The molecule has 1 aliphatic rings. The van der Waals surface area contributed by atoms with Crippen LogP contribution < -0.4 is 14.8 Å². The fourth-order valence-corrected chi connectivity index (χ4v) is 2.92. The molecule has 1 heterocycles. The van der Waals surface area contributed by atoms with Crippen molar-refractivity contribution >= 4 is 0 Å². The molecule has 22 heavy (non-hydrogen) atoms. The molecule has 1 fully saturated rings.